The third kappa shape index (κ3) is 2.66. The molecule has 0 bridgehead atoms. The highest BCUT2D eigenvalue weighted by atomic mass is 19.3. The summed E-state index contributed by atoms with van der Waals surface area (Å²) in [6.45, 7) is 0. The molecule has 0 radical (unpaired) electrons. The first-order valence-corrected chi connectivity index (χ1v) is 4.50. The number of hydrogen-bond donors (Lipinski definition) is 1. The Morgan fingerprint density at radius 2 is 2.29 bits per heavy atom. The maximum atomic E-state index is 12.8. The number of rotatable bonds is 3. The number of carbonyl (C=O) groups is 1. The van der Waals surface area contributed by atoms with Crippen LogP contribution in [0.3, 0.4) is 0 Å². The summed E-state index contributed by atoms with van der Waals surface area (Å²) in [4.78, 5) is 24.3. The first kappa shape index (κ1) is 12.8. The summed E-state index contributed by atoms with van der Waals surface area (Å²) in [5.74, 6) is -0.733. The van der Waals surface area contributed by atoms with Crippen molar-refractivity contribution in [1.82, 2.24) is 4.98 Å². The average Bonchev–Trinajstić information content (AvgIpc) is 2.30. The lowest BCUT2D eigenvalue weighted by atomic mass is 10.0. The molecular weight excluding hydrogens is 234 g/mol. The molecule has 0 aliphatic rings. The molecule has 0 aliphatic carbocycles. The molecule has 0 fully saturated rings. The van der Waals surface area contributed by atoms with Gasteiger partial charge in [0.05, 0.1) is 13.5 Å². The number of halogens is 2. The highest BCUT2D eigenvalue weighted by Gasteiger charge is 2.22. The topological polar surface area (TPSA) is 83.0 Å². The fourth-order valence-corrected chi connectivity index (χ4v) is 1.32. The number of nitrogens with zero attached hydrogens (tertiary/aromatic N) is 1. The normalized spacial score (nSPS) is 10.1. The molecule has 17 heavy (non-hydrogen) atoms. The zero-order chi connectivity index (χ0) is 13.0. The Morgan fingerprint density at radius 1 is 1.65 bits per heavy atom. The van der Waals surface area contributed by atoms with Gasteiger partial charge in [0.2, 0.25) is 0 Å². The molecule has 0 saturated carbocycles. The SMILES string of the molecule is COC(=O)Cc1c[nH]c(=O)c(C#N)c1C(F)F. The highest BCUT2D eigenvalue weighted by molar-refractivity contribution is 5.73. The van der Waals surface area contributed by atoms with Crippen molar-refractivity contribution in [3.8, 4) is 6.07 Å². The number of carbonyl (C=O) groups excluding carboxylic acids is 1. The van der Waals surface area contributed by atoms with Crippen molar-refractivity contribution in [2.24, 2.45) is 0 Å². The standard InChI is InChI=1S/C10H8F2N2O3/c1-17-7(15)2-5-4-14-10(16)6(3-13)8(5)9(11)12/h4,9H,2H2,1H3,(H,14,16). The largest absolute Gasteiger partial charge is 0.469 e. The van der Waals surface area contributed by atoms with E-state index < -0.39 is 35.5 Å². The second-order valence-electron chi connectivity index (χ2n) is 3.10. The Bertz CT molecular complexity index is 531. The van der Waals surface area contributed by atoms with E-state index in [4.69, 9.17) is 5.26 Å². The monoisotopic (exact) mass is 242 g/mol. The van der Waals surface area contributed by atoms with Crippen LogP contribution in [0.1, 0.15) is 23.1 Å². The van der Waals surface area contributed by atoms with E-state index in [9.17, 15) is 18.4 Å². The summed E-state index contributed by atoms with van der Waals surface area (Å²) < 4.78 is 29.8. The Kier molecular flexibility index (Phi) is 3.93. The summed E-state index contributed by atoms with van der Waals surface area (Å²) in [6.07, 6.45) is -2.45. The quantitative estimate of drug-likeness (QED) is 0.798. The molecule has 1 N–H and O–H groups in total. The number of alkyl halides is 2. The van der Waals surface area contributed by atoms with Gasteiger partial charge in [0.1, 0.15) is 11.6 Å². The van der Waals surface area contributed by atoms with Crippen molar-refractivity contribution in [1.29, 1.82) is 5.26 Å². The predicted octanol–water partition coefficient (Wildman–Crippen LogP) is 0.900. The number of ether oxygens (including phenoxy) is 1. The summed E-state index contributed by atoms with van der Waals surface area (Å²) in [5, 5.41) is 8.64. The smallest absolute Gasteiger partial charge is 0.310 e. The Morgan fingerprint density at radius 3 is 2.76 bits per heavy atom. The Balaban J connectivity index is 3.37. The van der Waals surface area contributed by atoms with Crippen molar-refractivity contribution in [2.75, 3.05) is 7.11 Å². The second kappa shape index (κ2) is 5.21. The van der Waals surface area contributed by atoms with Crippen LogP contribution in [0, 0.1) is 11.3 Å². The summed E-state index contributed by atoms with van der Waals surface area (Å²) >= 11 is 0. The van der Waals surface area contributed by atoms with Crippen molar-refractivity contribution < 1.29 is 18.3 Å². The molecule has 1 rings (SSSR count). The van der Waals surface area contributed by atoms with E-state index in [-0.39, 0.29) is 5.56 Å². The van der Waals surface area contributed by atoms with Gasteiger partial charge in [-0.05, 0) is 5.56 Å². The number of H-pyrrole nitrogens is 1. The van der Waals surface area contributed by atoms with Gasteiger partial charge in [0.15, 0.2) is 0 Å². The van der Waals surface area contributed by atoms with Crippen molar-refractivity contribution in [3.05, 3.63) is 33.2 Å². The van der Waals surface area contributed by atoms with Gasteiger partial charge in [-0.25, -0.2) is 8.78 Å². The van der Waals surface area contributed by atoms with Gasteiger partial charge in [-0.15, -0.1) is 0 Å². The van der Waals surface area contributed by atoms with Gasteiger partial charge in [-0.2, -0.15) is 5.26 Å². The lowest BCUT2D eigenvalue weighted by molar-refractivity contribution is -0.139. The summed E-state index contributed by atoms with van der Waals surface area (Å²) in [5.41, 5.74) is -2.43. The van der Waals surface area contributed by atoms with Gasteiger partial charge in [-0.1, -0.05) is 0 Å². The number of esters is 1. The number of nitriles is 1. The van der Waals surface area contributed by atoms with Crippen LogP contribution in [0.2, 0.25) is 0 Å². The molecule has 1 aromatic rings. The van der Waals surface area contributed by atoms with E-state index in [0.717, 1.165) is 13.3 Å². The number of pyridine rings is 1. The molecule has 0 spiro atoms. The lowest BCUT2D eigenvalue weighted by Crippen LogP contribution is -2.17. The molecule has 90 valence electrons. The molecule has 0 aromatic carbocycles. The van der Waals surface area contributed by atoms with Crippen LogP contribution in [0.4, 0.5) is 8.78 Å². The number of hydrogen-bond acceptors (Lipinski definition) is 4. The van der Waals surface area contributed by atoms with Crippen molar-refractivity contribution >= 4 is 5.97 Å². The van der Waals surface area contributed by atoms with Crippen molar-refractivity contribution in [2.45, 2.75) is 12.8 Å². The molecular formula is C10H8F2N2O3. The highest BCUT2D eigenvalue weighted by Crippen LogP contribution is 2.24. The second-order valence-corrected chi connectivity index (χ2v) is 3.10. The maximum absolute atomic E-state index is 12.8. The molecule has 1 heterocycles. The van der Waals surface area contributed by atoms with Crippen LogP contribution in [0.25, 0.3) is 0 Å². The first-order valence-electron chi connectivity index (χ1n) is 4.50. The molecule has 5 nitrogen and oxygen atoms in total. The molecule has 0 amide bonds. The summed E-state index contributed by atoms with van der Waals surface area (Å²) in [6, 6.07) is 1.40. The Hall–Kier alpha value is -2.23. The predicted molar refractivity (Wildman–Crippen MR) is 52.5 cm³/mol. The molecule has 0 saturated heterocycles. The van der Waals surface area contributed by atoms with Crippen LogP contribution < -0.4 is 5.56 Å². The van der Waals surface area contributed by atoms with Crippen LogP contribution >= 0.6 is 0 Å². The average molecular weight is 242 g/mol. The first-order chi connectivity index (χ1) is 8.01. The van der Waals surface area contributed by atoms with Gasteiger partial charge >= 0.3 is 5.97 Å². The molecule has 0 unspecified atom stereocenters. The minimum atomic E-state index is -3.01. The van der Waals surface area contributed by atoms with E-state index in [0.29, 0.717) is 0 Å². The molecule has 0 atom stereocenters. The number of nitrogens with one attached hydrogen (secondary N) is 1. The van der Waals surface area contributed by atoms with E-state index in [2.05, 4.69) is 9.72 Å². The van der Waals surface area contributed by atoms with Crippen LogP contribution in [-0.2, 0) is 16.0 Å². The van der Waals surface area contributed by atoms with E-state index >= 15 is 0 Å². The van der Waals surface area contributed by atoms with Gasteiger partial charge in [-0.3, -0.25) is 9.59 Å². The van der Waals surface area contributed by atoms with Crippen molar-refractivity contribution in [3.63, 3.8) is 0 Å². The van der Waals surface area contributed by atoms with Gasteiger partial charge < -0.3 is 9.72 Å². The van der Waals surface area contributed by atoms with E-state index in [1.807, 2.05) is 0 Å². The zero-order valence-corrected chi connectivity index (χ0v) is 8.79. The number of aromatic nitrogens is 1. The van der Waals surface area contributed by atoms with Crippen LogP contribution in [-0.4, -0.2) is 18.1 Å². The molecule has 0 aliphatic heterocycles. The van der Waals surface area contributed by atoms with Crippen LogP contribution in [0.15, 0.2) is 11.0 Å². The number of aromatic amines is 1. The van der Waals surface area contributed by atoms with Crippen LogP contribution in [0.5, 0.6) is 0 Å². The van der Waals surface area contributed by atoms with Gasteiger partial charge in [0, 0.05) is 11.8 Å². The minimum absolute atomic E-state index is 0.122. The Labute approximate surface area is 94.6 Å². The number of methoxy groups -OCH3 is 1. The fourth-order valence-electron chi connectivity index (χ4n) is 1.32. The zero-order valence-electron chi connectivity index (χ0n) is 8.79. The lowest BCUT2D eigenvalue weighted by Gasteiger charge is -2.08. The molecule has 7 heteroatoms. The van der Waals surface area contributed by atoms with E-state index in [1.165, 1.54) is 6.07 Å². The summed E-state index contributed by atoms with van der Waals surface area (Å²) in [7, 11) is 1.11. The maximum Gasteiger partial charge on any atom is 0.310 e. The fraction of sp³-hybridized carbons (Fsp3) is 0.300. The van der Waals surface area contributed by atoms with E-state index in [1.54, 1.807) is 0 Å². The minimum Gasteiger partial charge on any atom is -0.469 e. The third-order valence-electron chi connectivity index (χ3n) is 2.11. The molecule has 1 aromatic heterocycles. The van der Waals surface area contributed by atoms with Gasteiger partial charge in [0.25, 0.3) is 12.0 Å². The third-order valence-corrected chi connectivity index (χ3v) is 2.11.